The van der Waals surface area contributed by atoms with Crippen molar-refractivity contribution in [1.29, 1.82) is 0 Å². The number of aromatic nitrogens is 2. The van der Waals surface area contributed by atoms with E-state index in [2.05, 4.69) is 4.98 Å². The van der Waals surface area contributed by atoms with Gasteiger partial charge in [0.15, 0.2) is 0 Å². The number of benzene rings is 1. The quantitative estimate of drug-likeness (QED) is 0.615. The Morgan fingerprint density at radius 1 is 0.969 bits per heavy atom. The second-order valence-electron chi connectivity index (χ2n) is 9.79. The molecule has 2 aliphatic heterocycles. The SMILES string of the molecule is CC(C)(C)OC(=O)N1CC2CN(C(=O)c3cccc(-c4cn5ccccc5n4)c3)CC2C1. The highest BCUT2D eigenvalue weighted by molar-refractivity contribution is 5.95. The largest absolute Gasteiger partial charge is 0.444 e. The molecule has 2 aromatic heterocycles. The highest BCUT2D eigenvalue weighted by atomic mass is 16.6. The second-order valence-corrected chi connectivity index (χ2v) is 9.79. The molecule has 32 heavy (non-hydrogen) atoms. The number of ether oxygens (including phenoxy) is 1. The second kappa shape index (κ2) is 7.65. The Morgan fingerprint density at radius 3 is 2.38 bits per heavy atom. The Bertz CT molecular complexity index is 1130. The summed E-state index contributed by atoms with van der Waals surface area (Å²) in [4.78, 5) is 34.0. The summed E-state index contributed by atoms with van der Waals surface area (Å²) in [7, 11) is 0. The molecule has 7 heteroatoms. The van der Waals surface area contributed by atoms with Gasteiger partial charge in [0.2, 0.25) is 0 Å². The van der Waals surface area contributed by atoms with E-state index in [1.54, 1.807) is 4.90 Å². The first kappa shape index (κ1) is 20.5. The van der Waals surface area contributed by atoms with Gasteiger partial charge in [0.25, 0.3) is 5.91 Å². The molecular weight excluding hydrogens is 404 g/mol. The van der Waals surface area contributed by atoms with Gasteiger partial charge in [-0.25, -0.2) is 9.78 Å². The van der Waals surface area contributed by atoms with Gasteiger partial charge in [0.1, 0.15) is 11.2 Å². The van der Waals surface area contributed by atoms with Gasteiger partial charge in [-0.15, -0.1) is 0 Å². The minimum Gasteiger partial charge on any atom is -0.444 e. The standard InChI is InChI=1S/C25H28N4O3/c1-25(2,3)32-24(31)29-14-19-12-28(13-20(19)15-29)23(30)18-8-6-7-17(11-18)21-16-27-10-5-4-9-22(27)26-21/h4-11,16,19-20H,12-15H2,1-3H3. The summed E-state index contributed by atoms with van der Waals surface area (Å²) >= 11 is 0. The van der Waals surface area contributed by atoms with Crippen molar-refractivity contribution in [1.82, 2.24) is 19.2 Å². The van der Waals surface area contributed by atoms with Gasteiger partial charge >= 0.3 is 6.09 Å². The lowest BCUT2D eigenvalue weighted by Gasteiger charge is -2.26. The average molecular weight is 433 g/mol. The van der Waals surface area contributed by atoms with Crippen molar-refractivity contribution in [3.05, 3.63) is 60.4 Å². The van der Waals surface area contributed by atoms with Crippen molar-refractivity contribution < 1.29 is 14.3 Å². The van der Waals surface area contributed by atoms with Crippen molar-refractivity contribution in [2.75, 3.05) is 26.2 Å². The molecule has 4 heterocycles. The fourth-order valence-corrected chi connectivity index (χ4v) is 4.70. The first-order valence-electron chi connectivity index (χ1n) is 11.1. The Hall–Kier alpha value is -3.35. The number of carbonyl (C=O) groups excluding carboxylic acids is 2. The number of imidazole rings is 1. The minimum atomic E-state index is -0.497. The molecule has 1 aromatic carbocycles. The Morgan fingerprint density at radius 2 is 1.69 bits per heavy atom. The summed E-state index contributed by atoms with van der Waals surface area (Å²) in [6.07, 6.45) is 3.68. The first-order chi connectivity index (χ1) is 15.3. The summed E-state index contributed by atoms with van der Waals surface area (Å²) < 4.78 is 7.48. The number of nitrogens with zero attached hydrogens (tertiary/aromatic N) is 4. The molecule has 0 bridgehead atoms. The van der Waals surface area contributed by atoms with Crippen LogP contribution in [0.4, 0.5) is 4.79 Å². The van der Waals surface area contributed by atoms with Crippen LogP contribution in [0.3, 0.4) is 0 Å². The molecule has 0 aliphatic carbocycles. The van der Waals surface area contributed by atoms with E-state index in [0.29, 0.717) is 43.6 Å². The maximum Gasteiger partial charge on any atom is 0.410 e. The lowest BCUT2D eigenvalue weighted by molar-refractivity contribution is 0.0275. The van der Waals surface area contributed by atoms with Gasteiger partial charge in [-0.3, -0.25) is 4.79 Å². The number of amides is 2. The van der Waals surface area contributed by atoms with Crippen molar-refractivity contribution in [3.8, 4) is 11.3 Å². The van der Waals surface area contributed by atoms with E-state index in [9.17, 15) is 9.59 Å². The zero-order valence-electron chi connectivity index (χ0n) is 18.7. The van der Waals surface area contributed by atoms with Crippen molar-refractivity contribution >= 4 is 17.6 Å². The fraction of sp³-hybridized carbons (Fsp3) is 0.400. The number of rotatable bonds is 2. The molecule has 0 spiro atoms. The van der Waals surface area contributed by atoms with E-state index < -0.39 is 5.60 Å². The molecule has 3 aromatic rings. The first-order valence-corrected chi connectivity index (χ1v) is 11.1. The number of fused-ring (bicyclic) bond motifs is 2. The third kappa shape index (κ3) is 3.95. The average Bonchev–Trinajstić information content (AvgIpc) is 3.44. The number of pyridine rings is 1. The predicted octanol–water partition coefficient (Wildman–Crippen LogP) is 3.94. The molecule has 0 saturated carbocycles. The molecule has 2 atom stereocenters. The maximum atomic E-state index is 13.2. The lowest BCUT2D eigenvalue weighted by Crippen LogP contribution is -2.38. The predicted molar refractivity (Wildman–Crippen MR) is 121 cm³/mol. The molecule has 2 fully saturated rings. The molecular formula is C25H28N4O3. The third-order valence-electron chi connectivity index (χ3n) is 6.19. The van der Waals surface area contributed by atoms with Crippen LogP contribution >= 0.6 is 0 Å². The van der Waals surface area contributed by atoms with Gasteiger partial charge in [0.05, 0.1) is 5.69 Å². The van der Waals surface area contributed by atoms with Gasteiger partial charge in [0, 0.05) is 61.5 Å². The van der Waals surface area contributed by atoms with E-state index in [1.165, 1.54) is 0 Å². The lowest BCUT2D eigenvalue weighted by atomic mass is 10.0. The summed E-state index contributed by atoms with van der Waals surface area (Å²) in [5.41, 5.74) is 2.82. The number of likely N-dealkylation sites (tertiary alicyclic amines) is 2. The smallest absolute Gasteiger partial charge is 0.410 e. The molecule has 2 saturated heterocycles. The summed E-state index contributed by atoms with van der Waals surface area (Å²) in [5, 5.41) is 0. The third-order valence-corrected chi connectivity index (χ3v) is 6.19. The van der Waals surface area contributed by atoms with Crippen LogP contribution < -0.4 is 0 Å². The monoisotopic (exact) mass is 432 g/mol. The highest BCUT2D eigenvalue weighted by Crippen LogP contribution is 2.33. The van der Waals surface area contributed by atoms with E-state index in [-0.39, 0.29) is 12.0 Å². The van der Waals surface area contributed by atoms with Crippen LogP contribution in [0, 0.1) is 11.8 Å². The molecule has 0 radical (unpaired) electrons. The van der Waals surface area contributed by atoms with Gasteiger partial charge < -0.3 is 18.9 Å². The van der Waals surface area contributed by atoms with Crippen LogP contribution in [-0.2, 0) is 4.74 Å². The van der Waals surface area contributed by atoms with Crippen molar-refractivity contribution in [3.63, 3.8) is 0 Å². The van der Waals surface area contributed by atoms with Crippen LogP contribution in [0.5, 0.6) is 0 Å². The molecule has 166 valence electrons. The van der Waals surface area contributed by atoms with E-state index >= 15 is 0 Å². The molecule has 2 unspecified atom stereocenters. The van der Waals surface area contributed by atoms with E-state index in [4.69, 9.17) is 4.74 Å². The van der Waals surface area contributed by atoms with Crippen LogP contribution in [0.25, 0.3) is 16.9 Å². The summed E-state index contributed by atoms with van der Waals surface area (Å²) in [6, 6.07) is 13.6. The molecule has 5 rings (SSSR count). The number of hydrogen-bond acceptors (Lipinski definition) is 4. The van der Waals surface area contributed by atoms with Gasteiger partial charge in [-0.2, -0.15) is 0 Å². The van der Waals surface area contributed by atoms with Gasteiger partial charge in [-0.1, -0.05) is 18.2 Å². The molecule has 0 N–H and O–H groups in total. The van der Waals surface area contributed by atoms with Crippen LogP contribution in [0.1, 0.15) is 31.1 Å². The topological polar surface area (TPSA) is 67.2 Å². The van der Waals surface area contributed by atoms with Crippen molar-refractivity contribution in [2.24, 2.45) is 11.8 Å². The molecule has 7 nitrogen and oxygen atoms in total. The Kier molecular flexibility index (Phi) is 4.92. The number of carbonyl (C=O) groups is 2. The normalized spacial score (nSPS) is 20.6. The van der Waals surface area contributed by atoms with Crippen molar-refractivity contribution in [2.45, 2.75) is 26.4 Å². The minimum absolute atomic E-state index is 0.0360. The summed E-state index contributed by atoms with van der Waals surface area (Å²) in [5.74, 6) is 0.634. The van der Waals surface area contributed by atoms with Crippen LogP contribution in [0.15, 0.2) is 54.9 Å². The van der Waals surface area contributed by atoms with Gasteiger partial charge in [-0.05, 0) is 45.0 Å². The summed E-state index contributed by atoms with van der Waals surface area (Å²) in [6.45, 7) is 8.26. The zero-order chi connectivity index (χ0) is 22.5. The number of hydrogen-bond donors (Lipinski definition) is 0. The zero-order valence-corrected chi connectivity index (χ0v) is 18.7. The maximum absolute atomic E-state index is 13.2. The Labute approximate surface area is 187 Å². The van der Waals surface area contributed by atoms with E-state index in [0.717, 1.165) is 16.9 Å². The van der Waals surface area contributed by atoms with E-state index in [1.807, 2.05) is 84.9 Å². The van der Waals surface area contributed by atoms with Crippen LogP contribution in [0.2, 0.25) is 0 Å². The fourth-order valence-electron chi connectivity index (χ4n) is 4.70. The molecule has 2 aliphatic rings. The highest BCUT2D eigenvalue weighted by Gasteiger charge is 2.44. The Balaban J connectivity index is 1.27. The molecule has 2 amide bonds. The van der Waals surface area contributed by atoms with Crippen LogP contribution in [-0.4, -0.2) is 63.0 Å².